The summed E-state index contributed by atoms with van der Waals surface area (Å²) in [6.45, 7) is 12.4. The molecule has 0 unspecified atom stereocenters. The molecule has 0 aliphatic carbocycles. The lowest BCUT2D eigenvalue weighted by molar-refractivity contribution is 0.862. The van der Waals surface area contributed by atoms with E-state index in [0.717, 1.165) is 5.52 Å². The summed E-state index contributed by atoms with van der Waals surface area (Å²) >= 11 is 0. The molecule has 0 amide bonds. The molecule has 1 aromatic heterocycles. The molecule has 1 aromatic carbocycles. The topological polar surface area (TPSA) is 12.9 Å². The van der Waals surface area contributed by atoms with Crippen LogP contribution in [-0.4, -0.2) is 4.98 Å². The average molecular weight is 231 g/mol. The molecule has 0 fully saturated rings. The van der Waals surface area contributed by atoms with E-state index in [9.17, 15) is 0 Å². The Hall–Kier alpha value is -1.37. The highest BCUT2D eigenvalue weighted by molar-refractivity contribution is 5.78. The summed E-state index contributed by atoms with van der Waals surface area (Å²) < 4.78 is 0. The van der Waals surface area contributed by atoms with Crippen molar-refractivity contribution >= 4 is 10.9 Å². The van der Waals surface area contributed by atoms with Crippen molar-refractivity contribution in [3.05, 3.63) is 42.1 Å². The third kappa shape index (κ3) is 4.56. The zero-order chi connectivity index (χ0) is 13.3. The smallest absolute Gasteiger partial charge is 0.0702 e. The van der Waals surface area contributed by atoms with Gasteiger partial charge in [-0.25, -0.2) is 0 Å². The SMILES string of the molecule is CC.CC.CC(C)c1cnc2ccccc2c1. The first-order chi connectivity index (χ1) is 8.27. The van der Waals surface area contributed by atoms with E-state index in [1.165, 1.54) is 10.9 Å². The molecular formula is C16H25N. The van der Waals surface area contributed by atoms with Crippen LogP contribution < -0.4 is 0 Å². The minimum atomic E-state index is 0.553. The van der Waals surface area contributed by atoms with Crippen molar-refractivity contribution < 1.29 is 0 Å². The van der Waals surface area contributed by atoms with Gasteiger partial charge in [-0.3, -0.25) is 4.98 Å². The first kappa shape index (κ1) is 15.6. The van der Waals surface area contributed by atoms with Gasteiger partial charge in [-0.1, -0.05) is 59.7 Å². The lowest BCUT2D eigenvalue weighted by Gasteiger charge is -2.05. The molecule has 0 N–H and O–H groups in total. The largest absolute Gasteiger partial charge is 0.256 e. The van der Waals surface area contributed by atoms with Crippen molar-refractivity contribution in [3.8, 4) is 0 Å². The minimum Gasteiger partial charge on any atom is -0.256 e. The molecule has 0 radical (unpaired) electrons. The van der Waals surface area contributed by atoms with Crippen molar-refractivity contribution in [1.82, 2.24) is 4.98 Å². The number of benzene rings is 1. The van der Waals surface area contributed by atoms with E-state index in [1.807, 2.05) is 52.1 Å². The predicted molar refractivity (Wildman–Crippen MR) is 78.5 cm³/mol. The summed E-state index contributed by atoms with van der Waals surface area (Å²) in [6, 6.07) is 10.4. The number of hydrogen-bond acceptors (Lipinski definition) is 1. The second-order valence-electron chi connectivity index (χ2n) is 3.62. The zero-order valence-corrected chi connectivity index (χ0v) is 12.0. The van der Waals surface area contributed by atoms with Gasteiger partial charge in [0, 0.05) is 11.6 Å². The molecule has 2 aromatic rings. The summed E-state index contributed by atoms with van der Waals surface area (Å²) in [7, 11) is 0. The first-order valence-corrected chi connectivity index (χ1v) is 6.62. The number of rotatable bonds is 1. The maximum Gasteiger partial charge on any atom is 0.0702 e. The fourth-order valence-corrected chi connectivity index (χ4v) is 1.40. The van der Waals surface area contributed by atoms with Gasteiger partial charge in [-0.2, -0.15) is 0 Å². The minimum absolute atomic E-state index is 0.553. The molecule has 0 aliphatic heterocycles. The van der Waals surface area contributed by atoms with E-state index in [1.54, 1.807) is 0 Å². The van der Waals surface area contributed by atoms with Crippen LogP contribution in [-0.2, 0) is 0 Å². The Morgan fingerprint density at radius 1 is 0.941 bits per heavy atom. The highest BCUT2D eigenvalue weighted by Crippen LogP contribution is 2.18. The molecule has 17 heavy (non-hydrogen) atoms. The summed E-state index contributed by atoms with van der Waals surface area (Å²) in [5.41, 5.74) is 2.38. The van der Waals surface area contributed by atoms with Crippen LogP contribution in [0.25, 0.3) is 10.9 Å². The Morgan fingerprint density at radius 2 is 1.53 bits per heavy atom. The predicted octanol–water partition coefficient (Wildman–Crippen LogP) is 5.41. The number of fused-ring (bicyclic) bond motifs is 1. The fraction of sp³-hybridized carbons (Fsp3) is 0.438. The van der Waals surface area contributed by atoms with Crippen LogP contribution >= 0.6 is 0 Å². The van der Waals surface area contributed by atoms with Crippen molar-refractivity contribution in [3.63, 3.8) is 0 Å². The summed E-state index contributed by atoms with van der Waals surface area (Å²) in [5, 5.41) is 1.23. The highest BCUT2D eigenvalue weighted by Gasteiger charge is 2.00. The van der Waals surface area contributed by atoms with Crippen molar-refractivity contribution in [2.24, 2.45) is 0 Å². The Balaban J connectivity index is 0.000000581. The maximum atomic E-state index is 4.40. The average Bonchev–Trinajstić information content (AvgIpc) is 2.42. The summed E-state index contributed by atoms with van der Waals surface area (Å²) in [6.07, 6.45) is 1.97. The molecule has 1 nitrogen and oxygen atoms in total. The fourth-order valence-electron chi connectivity index (χ4n) is 1.40. The molecule has 1 heterocycles. The molecule has 94 valence electrons. The molecule has 1 heteroatoms. The van der Waals surface area contributed by atoms with Gasteiger partial charge in [0.2, 0.25) is 0 Å². The standard InChI is InChI=1S/C12H13N.2C2H6/c1-9(2)11-7-10-5-3-4-6-12(10)13-8-11;2*1-2/h3-9H,1-2H3;2*1-2H3. The van der Waals surface area contributed by atoms with Gasteiger partial charge in [0.1, 0.15) is 0 Å². The van der Waals surface area contributed by atoms with Crippen LogP contribution in [0.1, 0.15) is 53.0 Å². The number of aromatic nitrogens is 1. The monoisotopic (exact) mass is 231 g/mol. The van der Waals surface area contributed by atoms with Crippen LogP contribution in [0, 0.1) is 0 Å². The van der Waals surface area contributed by atoms with E-state index in [2.05, 4.69) is 31.0 Å². The van der Waals surface area contributed by atoms with E-state index in [4.69, 9.17) is 0 Å². The third-order valence-electron chi connectivity index (χ3n) is 2.28. The van der Waals surface area contributed by atoms with Gasteiger partial charge in [0.15, 0.2) is 0 Å². The van der Waals surface area contributed by atoms with Crippen LogP contribution in [0.5, 0.6) is 0 Å². The van der Waals surface area contributed by atoms with Crippen molar-refractivity contribution in [1.29, 1.82) is 0 Å². The Labute approximate surface area is 106 Å². The zero-order valence-electron chi connectivity index (χ0n) is 12.0. The molecule has 2 rings (SSSR count). The highest BCUT2D eigenvalue weighted by atomic mass is 14.6. The quantitative estimate of drug-likeness (QED) is 0.639. The van der Waals surface area contributed by atoms with Crippen LogP contribution in [0.15, 0.2) is 36.5 Å². The molecule has 0 aliphatic rings. The lowest BCUT2D eigenvalue weighted by Crippen LogP contribution is -1.88. The van der Waals surface area contributed by atoms with Gasteiger partial charge in [0.05, 0.1) is 5.52 Å². The van der Waals surface area contributed by atoms with Gasteiger partial charge in [-0.15, -0.1) is 0 Å². The van der Waals surface area contributed by atoms with E-state index in [0.29, 0.717) is 5.92 Å². The molecule has 0 spiro atoms. The summed E-state index contributed by atoms with van der Waals surface area (Å²) in [4.78, 5) is 4.40. The van der Waals surface area contributed by atoms with Gasteiger partial charge in [0.25, 0.3) is 0 Å². The number of hydrogen-bond donors (Lipinski definition) is 0. The molecular weight excluding hydrogens is 206 g/mol. The maximum absolute atomic E-state index is 4.40. The van der Waals surface area contributed by atoms with Gasteiger partial charge >= 0.3 is 0 Å². The van der Waals surface area contributed by atoms with E-state index in [-0.39, 0.29) is 0 Å². The Bertz CT molecular complexity index is 419. The van der Waals surface area contributed by atoms with Crippen molar-refractivity contribution in [2.75, 3.05) is 0 Å². The van der Waals surface area contributed by atoms with E-state index >= 15 is 0 Å². The Kier molecular flexibility index (Phi) is 8.04. The third-order valence-corrected chi connectivity index (χ3v) is 2.28. The molecule has 0 bridgehead atoms. The van der Waals surface area contributed by atoms with Crippen LogP contribution in [0.2, 0.25) is 0 Å². The van der Waals surface area contributed by atoms with Gasteiger partial charge < -0.3 is 0 Å². The first-order valence-electron chi connectivity index (χ1n) is 6.62. The van der Waals surface area contributed by atoms with Crippen molar-refractivity contribution in [2.45, 2.75) is 47.5 Å². The van der Waals surface area contributed by atoms with Crippen LogP contribution in [0.3, 0.4) is 0 Å². The molecule has 0 saturated carbocycles. The second-order valence-corrected chi connectivity index (χ2v) is 3.62. The number of pyridine rings is 1. The number of nitrogens with zero attached hydrogens (tertiary/aromatic N) is 1. The van der Waals surface area contributed by atoms with Gasteiger partial charge in [-0.05, 0) is 23.6 Å². The molecule has 0 atom stereocenters. The molecule has 0 saturated heterocycles. The lowest BCUT2D eigenvalue weighted by atomic mass is 10.0. The number of para-hydroxylation sites is 1. The van der Waals surface area contributed by atoms with Crippen LogP contribution in [0.4, 0.5) is 0 Å². The van der Waals surface area contributed by atoms with E-state index < -0.39 is 0 Å². The summed E-state index contributed by atoms with van der Waals surface area (Å²) in [5.74, 6) is 0.553. The second kappa shape index (κ2) is 8.74. The normalized spacial score (nSPS) is 9.12. The Morgan fingerprint density at radius 3 is 2.12 bits per heavy atom.